The standard InChI is InChI=1S/C19H20N4O5/c1-2-16-18(21-24)11-17(12-3-7-14(8-4-12)22(25)26)20-19(16)13-5-9-15(10-6-13)23(27)28/h3-10,16-17,19-20,24H,2,11H2,1H3/b21-18+. The first-order valence-corrected chi connectivity index (χ1v) is 8.90. The molecule has 1 fully saturated rings. The summed E-state index contributed by atoms with van der Waals surface area (Å²) in [6.07, 6.45) is 1.19. The highest BCUT2D eigenvalue weighted by Crippen LogP contribution is 2.37. The van der Waals surface area contributed by atoms with Crippen molar-refractivity contribution in [1.29, 1.82) is 0 Å². The van der Waals surface area contributed by atoms with Gasteiger partial charge in [0.15, 0.2) is 0 Å². The minimum Gasteiger partial charge on any atom is -0.411 e. The molecule has 146 valence electrons. The summed E-state index contributed by atoms with van der Waals surface area (Å²) in [5.41, 5.74) is 2.34. The predicted molar refractivity (Wildman–Crippen MR) is 102 cm³/mol. The van der Waals surface area contributed by atoms with Gasteiger partial charge in [-0.2, -0.15) is 0 Å². The number of benzene rings is 2. The molecule has 9 nitrogen and oxygen atoms in total. The third-order valence-corrected chi connectivity index (χ3v) is 5.16. The maximum atomic E-state index is 10.9. The van der Waals surface area contributed by atoms with Crippen LogP contribution in [0.5, 0.6) is 0 Å². The third kappa shape index (κ3) is 3.84. The van der Waals surface area contributed by atoms with Crippen LogP contribution in [0.2, 0.25) is 0 Å². The van der Waals surface area contributed by atoms with Crippen molar-refractivity contribution in [2.75, 3.05) is 0 Å². The lowest BCUT2D eigenvalue weighted by molar-refractivity contribution is -0.385. The van der Waals surface area contributed by atoms with Gasteiger partial charge in [-0.15, -0.1) is 0 Å². The third-order valence-electron chi connectivity index (χ3n) is 5.16. The van der Waals surface area contributed by atoms with Gasteiger partial charge in [0.2, 0.25) is 0 Å². The van der Waals surface area contributed by atoms with Gasteiger partial charge in [-0.1, -0.05) is 36.3 Å². The Morgan fingerprint density at radius 3 is 1.93 bits per heavy atom. The van der Waals surface area contributed by atoms with Gasteiger partial charge in [-0.05, 0) is 17.5 Å². The van der Waals surface area contributed by atoms with Crippen LogP contribution < -0.4 is 5.32 Å². The minimum absolute atomic E-state index is 0.00830. The van der Waals surface area contributed by atoms with Crippen molar-refractivity contribution in [3.05, 3.63) is 79.9 Å². The number of hydrogen-bond acceptors (Lipinski definition) is 7. The number of piperidine rings is 1. The molecule has 1 aliphatic heterocycles. The number of nitro groups is 2. The summed E-state index contributed by atoms with van der Waals surface area (Å²) in [7, 11) is 0. The fraction of sp³-hybridized carbons (Fsp3) is 0.316. The van der Waals surface area contributed by atoms with Crippen LogP contribution in [0.15, 0.2) is 53.7 Å². The molecule has 0 bridgehead atoms. The van der Waals surface area contributed by atoms with Crippen molar-refractivity contribution in [3.63, 3.8) is 0 Å². The Labute approximate surface area is 161 Å². The SMILES string of the molecule is CCC1/C(=N/O)CC(c2ccc([N+](=O)[O-])cc2)NC1c1ccc([N+](=O)[O-])cc1. The zero-order valence-electron chi connectivity index (χ0n) is 15.2. The number of oxime groups is 1. The van der Waals surface area contributed by atoms with Crippen LogP contribution in [0.3, 0.4) is 0 Å². The largest absolute Gasteiger partial charge is 0.411 e. The Kier molecular flexibility index (Phi) is 5.65. The van der Waals surface area contributed by atoms with E-state index in [4.69, 9.17) is 0 Å². The molecule has 0 radical (unpaired) electrons. The Bertz CT molecular complexity index is 896. The molecule has 2 N–H and O–H groups in total. The number of nitro benzene ring substituents is 2. The second-order valence-electron chi connectivity index (χ2n) is 6.70. The van der Waals surface area contributed by atoms with Crippen LogP contribution in [-0.2, 0) is 0 Å². The molecule has 3 unspecified atom stereocenters. The van der Waals surface area contributed by atoms with Gasteiger partial charge < -0.3 is 10.5 Å². The minimum atomic E-state index is -0.453. The van der Waals surface area contributed by atoms with Crippen LogP contribution in [0, 0.1) is 26.1 Å². The van der Waals surface area contributed by atoms with E-state index in [0.29, 0.717) is 12.1 Å². The summed E-state index contributed by atoms with van der Waals surface area (Å²) in [5.74, 6) is -0.0687. The highest BCUT2D eigenvalue weighted by Gasteiger charge is 2.36. The second kappa shape index (κ2) is 8.13. The molecule has 0 aliphatic carbocycles. The molecule has 9 heteroatoms. The van der Waals surface area contributed by atoms with E-state index < -0.39 is 9.85 Å². The maximum absolute atomic E-state index is 10.9. The van der Waals surface area contributed by atoms with Crippen LogP contribution >= 0.6 is 0 Å². The molecule has 1 aliphatic rings. The molecule has 28 heavy (non-hydrogen) atoms. The smallest absolute Gasteiger partial charge is 0.269 e. The topological polar surface area (TPSA) is 131 Å². The average Bonchev–Trinajstić information content (AvgIpc) is 2.72. The van der Waals surface area contributed by atoms with E-state index in [1.54, 1.807) is 24.3 Å². The Morgan fingerprint density at radius 1 is 1.00 bits per heavy atom. The van der Waals surface area contributed by atoms with E-state index in [9.17, 15) is 25.4 Å². The van der Waals surface area contributed by atoms with Crippen LogP contribution in [0.25, 0.3) is 0 Å². The van der Waals surface area contributed by atoms with Gasteiger partial charge in [0.1, 0.15) is 0 Å². The lowest BCUT2D eigenvalue weighted by atomic mass is 9.79. The van der Waals surface area contributed by atoms with E-state index in [-0.39, 0.29) is 29.4 Å². The summed E-state index contributed by atoms with van der Waals surface area (Å²) in [4.78, 5) is 20.9. The van der Waals surface area contributed by atoms with Crippen molar-refractivity contribution < 1.29 is 15.1 Å². The molecule has 1 heterocycles. The molecular formula is C19H20N4O5. The molecule has 0 amide bonds. The normalized spacial score (nSPS) is 23.5. The van der Waals surface area contributed by atoms with Gasteiger partial charge in [-0.3, -0.25) is 20.2 Å². The van der Waals surface area contributed by atoms with Crippen molar-refractivity contribution in [2.45, 2.75) is 31.8 Å². The zero-order chi connectivity index (χ0) is 20.3. The summed E-state index contributed by atoms with van der Waals surface area (Å²) < 4.78 is 0. The lowest BCUT2D eigenvalue weighted by Crippen LogP contribution is -2.42. The summed E-state index contributed by atoms with van der Waals surface area (Å²) in [6, 6.07) is 12.2. The van der Waals surface area contributed by atoms with E-state index in [0.717, 1.165) is 17.5 Å². The molecular weight excluding hydrogens is 364 g/mol. The van der Waals surface area contributed by atoms with Gasteiger partial charge in [0, 0.05) is 48.7 Å². The van der Waals surface area contributed by atoms with Gasteiger partial charge >= 0.3 is 0 Å². The van der Waals surface area contributed by atoms with E-state index in [1.807, 2.05) is 6.92 Å². The van der Waals surface area contributed by atoms with Crippen LogP contribution in [0.4, 0.5) is 11.4 Å². The number of hydrogen-bond donors (Lipinski definition) is 2. The molecule has 0 aromatic heterocycles. The molecule has 0 spiro atoms. The van der Waals surface area contributed by atoms with Gasteiger partial charge in [0.05, 0.1) is 15.6 Å². The molecule has 2 aromatic carbocycles. The maximum Gasteiger partial charge on any atom is 0.269 e. The molecule has 3 atom stereocenters. The average molecular weight is 384 g/mol. The van der Waals surface area contributed by atoms with Crippen LogP contribution in [-0.4, -0.2) is 20.8 Å². The monoisotopic (exact) mass is 384 g/mol. The quantitative estimate of drug-likeness (QED) is 0.452. The molecule has 3 rings (SSSR count). The first kappa shape index (κ1) is 19.4. The van der Waals surface area contributed by atoms with Crippen molar-refractivity contribution in [2.24, 2.45) is 11.1 Å². The van der Waals surface area contributed by atoms with E-state index in [2.05, 4.69) is 10.5 Å². The molecule has 1 saturated heterocycles. The van der Waals surface area contributed by atoms with Crippen LogP contribution in [0.1, 0.15) is 43.0 Å². The highest BCUT2D eigenvalue weighted by atomic mass is 16.6. The second-order valence-corrected chi connectivity index (χ2v) is 6.70. The van der Waals surface area contributed by atoms with Gasteiger partial charge in [-0.25, -0.2) is 0 Å². The first-order valence-electron chi connectivity index (χ1n) is 8.90. The fourth-order valence-corrected chi connectivity index (χ4v) is 3.71. The fourth-order valence-electron chi connectivity index (χ4n) is 3.71. The Morgan fingerprint density at radius 2 is 1.50 bits per heavy atom. The number of nitrogens with zero attached hydrogens (tertiary/aromatic N) is 3. The number of nitrogens with one attached hydrogen (secondary N) is 1. The van der Waals surface area contributed by atoms with E-state index >= 15 is 0 Å². The Hall–Kier alpha value is -3.33. The van der Waals surface area contributed by atoms with Crippen molar-refractivity contribution in [3.8, 4) is 0 Å². The molecule has 2 aromatic rings. The lowest BCUT2D eigenvalue weighted by Gasteiger charge is -2.38. The van der Waals surface area contributed by atoms with Gasteiger partial charge in [0.25, 0.3) is 11.4 Å². The Balaban J connectivity index is 1.93. The summed E-state index contributed by atoms with van der Waals surface area (Å²) in [5, 5.41) is 38.3. The highest BCUT2D eigenvalue weighted by molar-refractivity contribution is 5.88. The predicted octanol–water partition coefficient (Wildman–Crippen LogP) is 4.14. The van der Waals surface area contributed by atoms with E-state index in [1.165, 1.54) is 24.3 Å². The summed E-state index contributed by atoms with van der Waals surface area (Å²) in [6.45, 7) is 1.99. The zero-order valence-corrected chi connectivity index (χ0v) is 15.2. The van der Waals surface area contributed by atoms with Crippen molar-refractivity contribution >= 4 is 17.1 Å². The molecule has 0 saturated carbocycles. The number of rotatable bonds is 5. The number of non-ortho nitro benzene ring substituents is 2. The summed E-state index contributed by atoms with van der Waals surface area (Å²) >= 11 is 0. The first-order chi connectivity index (χ1) is 13.4. The van der Waals surface area contributed by atoms with Crippen molar-refractivity contribution in [1.82, 2.24) is 5.32 Å².